The molecule has 1 aliphatic heterocycles. The van der Waals surface area contributed by atoms with Gasteiger partial charge in [-0.1, -0.05) is 48.5 Å². The molecule has 17 heavy (non-hydrogen) atoms. The van der Waals surface area contributed by atoms with Gasteiger partial charge in [-0.25, -0.2) is 0 Å². The molecule has 1 nitrogen and oxygen atoms in total. The number of hydrogen-bond donors (Lipinski definition) is 1. The monoisotopic (exact) mass is 221 g/mol. The second-order valence-corrected chi connectivity index (χ2v) is 5.00. The van der Waals surface area contributed by atoms with Crippen LogP contribution in [0.3, 0.4) is 0 Å². The van der Waals surface area contributed by atoms with Crippen molar-refractivity contribution in [1.29, 1.82) is 0 Å². The highest BCUT2D eigenvalue weighted by atomic mass is 15.0. The normalized spacial score (nSPS) is 21.8. The van der Waals surface area contributed by atoms with E-state index in [1.54, 1.807) is 0 Å². The van der Waals surface area contributed by atoms with Gasteiger partial charge in [0.15, 0.2) is 0 Å². The first-order valence-corrected chi connectivity index (χ1v) is 6.37. The molecule has 2 aromatic rings. The Bertz CT molecular complexity index is 524. The predicted molar refractivity (Wildman–Crippen MR) is 70.1 cm³/mol. The highest BCUT2D eigenvalue weighted by Crippen LogP contribution is 2.47. The van der Waals surface area contributed by atoms with Gasteiger partial charge in [-0.3, -0.25) is 0 Å². The average molecular weight is 221 g/mol. The van der Waals surface area contributed by atoms with E-state index in [4.69, 9.17) is 0 Å². The highest BCUT2D eigenvalue weighted by Gasteiger charge is 2.36. The number of fused-ring (bicyclic) bond motifs is 3. The van der Waals surface area contributed by atoms with E-state index in [2.05, 4.69) is 53.8 Å². The lowest BCUT2D eigenvalue weighted by Crippen LogP contribution is -2.46. The van der Waals surface area contributed by atoms with Gasteiger partial charge in [-0.15, -0.1) is 0 Å². The Morgan fingerprint density at radius 3 is 1.82 bits per heavy atom. The van der Waals surface area contributed by atoms with Crippen molar-refractivity contribution in [3.05, 3.63) is 59.7 Å². The van der Waals surface area contributed by atoms with Crippen LogP contribution in [0.2, 0.25) is 0 Å². The summed E-state index contributed by atoms with van der Waals surface area (Å²) in [5.41, 5.74) is 5.88. The molecule has 1 heteroatoms. The first-order valence-electron chi connectivity index (χ1n) is 6.37. The summed E-state index contributed by atoms with van der Waals surface area (Å²) in [5.74, 6) is 0.566. The fourth-order valence-electron chi connectivity index (χ4n) is 3.22. The van der Waals surface area contributed by atoms with Crippen LogP contribution >= 0.6 is 0 Å². The maximum Gasteiger partial charge on any atom is 0.0256 e. The van der Waals surface area contributed by atoms with Gasteiger partial charge in [0, 0.05) is 12.0 Å². The summed E-state index contributed by atoms with van der Waals surface area (Å²) in [6.07, 6.45) is 1.30. The van der Waals surface area contributed by atoms with Gasteiger partial charge in [-0.2, -0.15) is 0 Å². The molecule has 1 N–H and O–H groups in total. The third-order valence-electron chi connectivity index (χ3n) is 4.15. The average Bonchev–Trinajstić information content (AvgIpc) is 2.64. The minimum Gasteiger partial charge on any atom is -0.313 e. The zero-order chi connectivity index (χ0) is 11.2. The predicted octanol–water partition coefficient (Wildman–Crippen LogP) is 3.16. The Hall–Kier alpha value is -1.60. The standard InChI is InChI=1S/C16H15N/c1-3-7-13-11(5-1)12-6-2-4-8-14(12)16(13)15-9-10-17-15/h1-8,15-17H,9-10H2. The van der Waals surface area contributed by atoms with Crippen molar-refractivity contribution in [2.75, 3.05) is 6.54 Å². The Morgan fingerprint density at radius 2 is 1.35 bits per heavy atom. The van der Waals surface area contributed by atoms with E-state index in [0.29, 0.717) is 12.0 Å². The Labute approximate surface area is 101 Å². The molecular weight excluding hydrogens is 206 g/mol. The van der Waals surface area contributed by atoms with Crippen molar-refractivity contribution >= 4 is 0 Å². The van der Waals surface area contributed by atoms with Crippen molar-refractivity contribution < 1.29 is 0 Å². The Balaban J connectivity index is 1.95. The van der Waals surface area contributed by atoms with E-state index in [-0.39, 0.29) is 0 Å². The number of nitrogens with one attached hydrogen (secondary N) is 1. The van der Waals surface area contributed by atoms with E-state index in [1.165, 1.54) is 35.2 Å². The van der Waals surface area contributed by atoms with Gasteiger partial charge in [0.25, 0.3) is 0 Å². The minimum atomic E-state index is 0.566. The molecule has 4 rings (SSSR count). The highest BCUT2D eigenvalue weighted by molar-refractivity contribution is 5.79. The number of benzene rings is 2. The molecule has 1 heterocycles. The van der Waals surface area contributed by atoms with E-state index in [1.807, 2.05) is 0 Å². The Kier molecular flexibility index (Phi) is 1.91. The van der Waals surface area contributed by atoms with E-state index in [0.717, 1.165) is 0 Å². The summed E-state index contributed by atoms with van der Waals surface area (Å²) in [5, 5.41) is 3.57. The molecule has 84 valence electrons. The van der Waals surface area contributed by atoms with E-state index < -0.39 is 0 Å². The van der Waals surface area contributed by atoms with Gasteiger partial charge in [0.05, 0.1) is 0 Å². The molecule has 2 aromatic carbocycles. The summed E-state index contributed by atoms with van der Waals surface area (Å²) < 4.78 is 0. The summed E-state index contributed by atoms with van der Waals surface area (Å²) in [7, 11) is 0. The molecular formula is C16H15N. The van der Waals surface area contributed by atoms with Crippen molar-refractivity contribution in [2.24, 2.45) is 0 Å². The van der Waals surface area contributed by atoms with Crippen molar-refractivity contribution in [1.82, 2.24) is 5.32 Å². The molecule has 1 aliphatic carbocycles. The molecule has 0 saturated carbocycles. The Morgan fingerprint density at radius 1 is 0.824 bits per heavy atom. The molecule has 0 spiro atoms. The van der Waals surface area contributed by atoms with Crippen LogP contribution in [0.4, 0.5) is 0 Å². The first-order chi connectivity index (χ1) is 8.45. The zero-order valence-electron chi connectivity index (χ0n) is 9.69. The lowest BCUT2D eigenvalue weighted by atomic mass is 9.84. The third-order valence-corrected chi connectivity index (χ3v) is 4.15. The minimum absolute atomic E-state index is 0.566. The smallest absolute Gasteiger partial charge is 0.0256 e. The third kappa shape index (κ3) is 1.23. The number of hydrogen-bond acceptors (Lipinski definition) is 1. The topological polar surface area (TPSA) is 12.0 Å². The lowest BCUT2D eigenvalue weighted by Gasteiger charge is -2.34. The quantitative estimate of drug-likeness (QED) is 0.780. The van der Waals surface area contributed by atoms with Crippen molar-refractivity contribution in [3.63, 3.8) is 0 Å². The second kappa shape index (κ2) is 3.44. The molecule has 1 atom stereocenters. The van der Waals surface area contributed by atoms with Gasteiger partial charge in [0.2, 0.25) is 0 Å². The summed E-state index contributed by atoms with van der Waals surface area (Å²) in [6, 6.07) is 18.4. The summed E-state index contributed by atoms with van der Waals surface area (Å²) >= 11 is 0. The second-order valence-electron chi connectivity index (χ2n) is 5.00. The van der Waals surface area contributed by atoms with Crippen molar-refractivity contribution in [3.8, 4) is 11.1 Å². The van der Waals surface area contributed by atoms with Gasteiger partial charge < -0.3 is 5.32 Å². The van der Waals surface area contributed by atoms with Gasteiger partial charge >= 0.3 is 0 Å². The van der Waals surface area contributed by atoms with Crippen LogP contribution in [0.1, 0.15) is 23.5 Å². The van der Waals surface area contributed by atoms with Gasteiger partial charge in [0.1, 0.15) is 0 Å². The van der Waals surface area contributed by atoms with Crippen LogP contribution in [0.25, 0.3) is 11.1 Å². The van der Waals surface area contributed by atoms with Crippen LogP contribution in [0.5, 0.6) is 0 Å². The fraction of sp³-hybridized carbons (Fsp3) is 0.250. The van der Waals surface area contributed by atoms with Crippen LogP contribution in [-0.4, -0.2) is 12.6 Å². The SMILES string of the molecule is c1ccc2c(c1)-c1ccccc1C2C1CCN1. The molecule has 0 radical (unpaired) electrons. The van der Waals surface area contributed by atoms with Crippen LogP contribution in [-0.2, 0) is 0 Å². The molecule has 1 unspecified atom stereocenters. The fourth-order valence-corrected chi connectivity index (χ4v) is 3.22. The van der Waals surface area contributed by atoms with Crippen LogP contribution < -0.4 is 5.32 Å². The van der Waals surface area contributed by atoms with Gasteiger partial charge in [-0.05, 0) is 35.2 Å². The van der Waals surface area contributed by atoms with Crippen LogP contribution in [0, 0.1) is 0 Å². The van der Waals surface area contributed by atoms with Crippen LogP contribution in [0.15, 0.2) is 48.5 Å². The van der Waals surface area contributed by atoms with E-state index >= 15 is 0 Å². The summed E-state index contributed by atoms with van der Waals surface area (Å²) in [6.45, 7) is 1.17. The summed E-state index contributed by atoms with van der Waals surface area (Å²) in [4.78, 5) is 0. The molecule has 0 aromatic heterocycles. The number of rotatable bonds is 1. The molecule has 2 aliphatic rings. The van der Waals surface area contributed by atoms with E-state index in [9.17, 15) is 0 Å². The lowest BCUT2D eigenvalue weighted by molar-refractivity contribution is 0.342. The maximum atomic E-state index is 3.57. The molecule has 1 saturated heterocycles. The molecule has 1 fully saturated rings. The molecule has 0 bridgehead atoms. The zero-order valence-corrected chi connectivity index (χ0v) is 9.69. The first kappa shape index (κ1) is 9.43. The van der Waals surface area contributed by atoms with Crippen molar-refractivity contribution in [2.45, 2.75) is 18.4 Å². The molecule has 0 amide bonds. The maximum absolute atomic E-state index is 3.57. The largest absolute Gasteiger partial charge is 0.313 e.